The Balaban J connectivity index is 2.20. The molecule has 0 saturated carbocycles. The van der Waals surface area contributed by atoms with Crippen LogP contribution in [0, 0.1) is 10.1 Å². The van der Waals surface area contributed by atoms with E-state index in [2.05, 4.69) is 4.98 Å². The molecule has 1 N–H and O–H groups in total. The lowest BCUT2D eigenvalue weighted by Crippen LogP contribution is -2.02. The van der Waals surface area contributed by atoms with Crippen LogP contribution < -0.4 is 4.74 Å². The smallest absolute Gasteiger partial charge is 0.270 e. The first-order chi connectivity index (χ1) is 9.58. The highest BCUT2D eigenvalue weighted by molar-refractivity contribution is 5.44. The molecule has 0 spiro atoms. The van der Waals surface area contributed by atoms with E-state index in [1.165, 1.54) is 25.1 Å². The van der Waals surface area contributed by atoms with Crippen molar-refractivity contribution in [2.45, 2.75) is 19.6 Å². The summed E-state index contributed by atoms with van der Waals surface area (Å²) in [6, 6.07) is 7.83. The molecule has 1 atom stereocenters. The summed E-state index contributed by atoms with van der Waals surface area (Å²) < 4.78 is 5.60. The molecule has 0 aliphatic heterocycles. The van der Waals surface area contributed by atoms with Crippen molar-refractivity contribution in [3.63, 3.8) is 0 Å². The molecule has 0 fully saturated rings. The van der Waals surface area contributed by atoms with Gasteiger partial charge in [-0.15, -0.1) is 0 Å². The molecule has 0 unspecified atom stereocenters. The van der Waals surface area contributed by atoms with Crippen LogP contribution in [-0.2, 0) is 6.61 Å². The van der Waals surface area contributed by atoms with Crippen molar-refractivity contribution in [2.24, 2.45) is 0 Å². The van der Waals surface area contributed by atoms with E-state index in [4.69, 9.17) is 4.74 Å². The van der Waals surface area contributed by atoms with Crippen molar-refractivity contribution < 1.29 is 14.8 Å². The summed E-state index contributed by atoms with van der Waals surface area (Å²) >= 11 is 0. The summed E-state index contributed by atoms with van der Waals surface area (Å²) in [6.07, 6.45) is 2.49. The van der Waals surface area contributed by atoms with Crippen molar-refractivity contribution in [1.29, 1.82) is 0 Å². The lowest BCUT2D eigenvalue weighted by atomic mass is 10.1. The molecule has 1 heterocycles. The molecule has 20 heavy (non-hydrogen) atoms. The van der Waals surface area contributed by atoms with Gasteiger partial charge in [-0.2, -0.15) is 0 Å². The van der Waals surface area contributed by atoms with Crippen molar-refractivity contribution in [3.8, 4) is 5.75 Å². The highest BCUT2D eigenvalue weighted by Gasteiger charge is 2.15. The van der Waals surface area contributed by atoms with Gasteiger partial charge in [0.05, 0.1) is 11.0 Å². The van der Waals surface area contributed by atoms with Crippen LogP contribution in [0.3, 0.4) is 0 Å². The van der Waals surface area contributed by atoms with Crippen molar-refractivity contribution in [3.05, 3.63) is 64.0 Å². The molecule has 6 nitrogen and oxygen atoms in total. The van der Waals surface area contributed by atoms with Crippen LogP contribution in [0.2, 0.25) is 0 Å². The van der Waals surface area contributed by atoms with Crippen molar-refractivity contribution in [2.75, 3.05) is 0 Å². The van der Waals surface area contributed by atoms with E-state index in [-0.39, 0.29) is 12.3 Å². The van der Waals surface area contributed by atoms with Crippen LogP contribution >= 0.6 is 0 Å². The molecular formula is C14H14N2O4. The number of non-ortho nitro benzene ring substituents is 1. The molecular weight excluding hydrogens is 260 g/mol. The maximum Gasteiger partial charge on any atom is 0.270 e. The minimum atomic E-state index is -0.848. The molecule has 0 bridgehead atoms. The van der Waals surface area contributed by atoms with Gasteiger partial charge in [-0.1, -0.05) is 6.07 Å². The second kappa shape index (κ2) is 6.12. The maximum atomic E-state index is 10.7. The zero-order valence-corrected chi connectivity index (χ0v) is 10.9. The molecule has 0 amide bonds. The van der Waals surface area contributed by atoms with E-state index in [1.54, 1.807) is 18.5 Å². The number of benzene rings is 1. The van der Waals surface area contributed by atoms with Gasteiger partial charge in [-0.25, -0.2) is 0 Å². The number of aliphatic hydroxyl groups excluding tert-OH is 1. The van der Waals surface area contributed by atoms with Crippen molar-refractivity contribution >= 4 is 5.69 Å². The first-order valence-corrected chi connectivity index (χ1v) is 6.06. The third kappa shape index (κ3) is 3.30. The van der Waals surface area contributed by atoms with E-state index >= 15 is 0 Å². The second-order valence-corrected chi connectivity index (χ2v) is 4.31. The third-order valence-corrected chi connectivity index (χ3v) is 2.77. The van der Waals surface area contributed by atoms with E-state index in [9.17, 15) is 15.2 Å². The minimum Gasteiger partial charge on any atom is -0.488 e. The van der Waals surface area contributed by atoms with Crippen molar-refractivity contribution in [1.82, 2.24) is 4.98 Å². The van der Waals surface area contributed by atoms with Crippen LogP contribution in [0.15, 0.2) is 42.7 Å². The minimum absolute atomic E-state index is 0.0744. The normalized spacial score (nSPS) is 11.9. The summed E-state index contributed by atoms with van der Waals surface area (Å²) in [4.78, 5) is 14.2. The van der Waals surface area contributed by atoms with Gasteiger partial charge < -0.3 is 9.84 Å². The average molecular weight is 274 g/mol. The van der Waals surface area contributed by atoms with E-state index in [1.807, 2.05) is 6.07 Å². The van der Waals surface area contributed by atoms with Crippen LogP contribution in [0.1, 0.15) is 24.2 Å². The SMILES string of the molecule is C[C@H](O)c1cc([N+](=O)[O-])ccc1OCc1cccnc1. The Morgan fingerprint density at radius 3 is 2.85 bits per heavy atom. The molecule has 0 aliphatic rings. The Morgan fingerprint density at radius 1 is 1.45 bits per heavy atom. The number of nitro benzene ring substituents is 1. The van der Waals surface area contributed by atoms with Gasteiger partial charge in [0.15, 0.2) is 0 Å². The molecule has 0 saturated heterocycles. The monoisotopic (exact) mass is 274 g/mol. The predicted octanol–water partition coefficient (Wildman–Crippen LogP) is 2.62. The summed E-state index contributed by atoms with van der Waals surface area (Å²) in [5.74, 6) is 0.425. The number of hydrogen-bond acceptors (Lipinski definition) is 5. The standard InChI is InChI=1S/C14H14N2O4/c1-10(17)13-7-12(16(18)19)4-5-14(13)20-9-11-3-2-6-15-8-11/h2-8,10,17H,9H2,1H3/t10-/m0/s1. The Labute approximate surface area is 115 Å². The topological polar surface area (TPSA) is 85.5 Å². The van der Waals surface area contributed by atoms with E-state index in [0.717, 1.165) is 5.56 Å². The van der Waals surface area contributed by atoms with Gasteiger partial charge >= 0.3 is 0 Å². The summed E-state index contributed by atoms with van der Waals surface area (Å²) in [5, 5.41) is 20.4. The van der Waals surface area contributed by atoms with Gasteiger partial charge in [0, 0.05) is 35.7 Å². The largest absolute Gasteiger partial charge is 0.488 e. The second-order valence-electron chi connectivity index (χ2n) is 4.31. The maximum absolute atomic E-state index is 10.7. The van der Waals surface area contributed by atoms with Gasteiger partial charge in [-0.3, -0.25) is 15.1 Å². The molecule has 1 aromatic carbocycles. The first-order valence-electron chi connectivity index (χ1n) is 6.06. The first kappa shape index (κ1) is 14.0. The van der Waals surface area contributed by atoms with Crippen LogP contribution in [0.5, 0.6) is 5.75 Å². The fraction of sp³-hybridized carbons (Fsp3) is 0.214. The molecule has 0 radical (unpaired) electrons. The zero-order chi connectivity index (χ0) is 14.5. The van der Waals surface area contributed by atoms with Gasteiger partial charge in [0.25, 0.3) is 5.69 Å². The van der Waals surface area contributed by atoms with Gasteiger partial charge in [0.1, 0.15) is 12.4 Å². The lowest BCUT2D eigenvalue weighted by Gasteiger charge is -2.13. The molecule has 2 aromatic rings. The number of rotatable bonds is 5. The Morgan fingerprint density at radius 2 is 2.25 bits per heavy atom. The fourth-order valence-electron chi connectivity index (χ4n) is 1.75. The number of aliphatic hydroxyl groups is 1. The zero-order valence-electron chi connectivity index (χ0n) is 10.9. The number of pyridine rings is 1. The number of nitro groups is 1. The number of ether oxygens (including phenoxy) is 1. The summed E-state index contributed by atoms with van der Waals surface area (Å²) in [6.45, 7) is 1.82. The van der Waals surface area contributed by atoms with Crippen LogP contribution in [0.4, 0.5) is 5.69 Å². The highest BCUT2D eigenvalue weighted by Crippen LogP contribution is 2.29. The molecule has 2 rings (SSSR count). The van der Waals surface area contributed by atoms with Crippen LogP contribution in [-0.4, -0.2) is 15.0 Å². The Bertz CT molecular complexity index is 599. The number of nitrogens with zero attached hydrogens (tertiary/aromatic N) is 2. The van der Waals surface area contributed by atoms with E-state index < -0.39 is 11.0 Å². The molecule has 1 aromatic heterocycles. The summed E-state index contributed by atoms with van der Waals surface area (Å²) in [5.41, 5.74) is 1.19. The van der Waals surface area contributed by atoms with E-state index in [0.29, 0.717) is 11.3 Å². The summed E-state index contributed by atoms with van der Waals surface area (Å²) in [7, 11) is 0. The highest BCUT2D eigenvalue weighted by atomic mass is 16.6. The molecule has 104 valence electrons. The average Bonchev–Trinajstić information content (AvgIpc) is 2.45. The van der Waals surface area contributed by atoms with Crippen LogP contribution in [0.25, 0.3) is 0 Å². The third-order valence-electron chi connectivity index (χ3n) is 2.77. The molecule has 0 aliphatic carbocycles. The predicted molar refractivity (Wildman–Crippen MR) is 72.3 cm³/mol. The lowest BCUT2D eigenvalue weighted by molar-refractivity contribution is -0.385. The quantitative estimate of drug-likeness (QED) is 0.669. The Kier molecular flexibility index (Phi) is 4.27. The Hall–Kier alpha value is -2.47. The number of hydrogen-bond donors (Lipinski definition) is 1. The molecule has 6 heteroatoms. The van der Waals surface area contributed by atoms with Gasteiger partial charge in [-0.05, 0) is 19.1 Å². The van der Waals surface area contributed by atoms with Gasteiger partial charge in [0.2, 0.25) is 0 Å². The number of aromatic nitrogens is 1. The fourth-order valence-corrected chi connectivity index (χ4v) is 1.75.